The van der Waals surface area contributed by atoms with Crippen molar-refractivity contribution in [2.75, 3.05) is 6.61 Å². The first kappa shape index (κ1) is 10.3. The lowest BCUT2D eigenvalue weighted by molar-refractivity contribution is 0.101. The number of Topliss-reactive ketones (excluding diaryl/α,β-unsaturated/α-hetero) is 1. The zero-order chi connectivity index (χ0) is 10.4. The smallest absolute Gasteiger partial charge is 0.163 e. The average Bonchev–Trinajstić information content (AvgIpc) is 2.19. The summed E-state index contributed by atoms with van der Waals surface area (Å²) in [5.41, 5.74) is 0.601. The highest BCUT2D eigenvalue weighted by Crippen LogP contribution is 2.18. The highest BCUT2D eigenvalue weighted by Gasteiger charge is 2.06. The van der Waals surface area contributed by atoms with Gasteiger partial charge < -0.3 is 4.74 Å². The first-order chi connectivity index (χ1) is 6.75. The molecule has 0 heterocycles. The SMILES string of the molecule is C#CCCOc1ccccc1C(C)=O. The Morgan fingerprint density at radius 3 is 2.86 bits per heavy atom. The number of carbonyl (C=O) groups excluding carboxylic acids is 1. The Labute approximate surface area is 83.9 Å². The number of ether oxygens (including phenoxy) is 1. The van der Waals surface area contributed by atoms with Gasteiger partial charge in [0.2, 0.25) is 0 Å². The first-order valence-electron chi connectivity index (χ1n) is 4.42. The number of terminal acetylenes is 1. The summed E-state index contributed by atoms with van der Waals surface area (Å²) in [7, 11) is 0. The van der Waals surface area contributed by atoms with E-state index in [4.69, 9.17) is 11.2 Å². The minimum Gasteiger partial charge on any atom is -0.492 e. The van der Waals surface area contributed by atoms with Crippen molar-refractivity contribution in [3.63, 3.8) is 0 Å². The van der Waals surface area contributed by atoms with Crippen LogP contribution in [0.2, 0.25) is 0 Å². The molecule has 0 bridgehead atoms. The third kappa shape index (κ3) is 2.63. The predicted octanol–water partition coefficient (Wildman–Crippen LogP) is 2.29. The Bertz CT molecular complexity index is 361. The molecule has 0 N–H and O–H groups in total. The molecule has 0 aliphatic carbocycles. The second-order valence-corrected chi connectivity index (χ2v) is 2.85. The van der Waals surface area contributed by atoms with Gasteiger partial charge >= 0.3 is 0 Å². The van der Waals surface area contributed by atoms with E-state index in [2.05, 4.69) is 5.92 Å². The Kier molecular flexibility index (Phi) is 3.75. The van der Waals surface area contributed by atoms with Gasteiger partial charge in [-0.3, -0.25) is 4.79 Å². The van der Waals surface area contributed by atoms with Crippen molar-refractivity contribution in [2.45, 2.75) is 13.3 Å². The van der Waals surface area contributed by atoms with Crippen LogP contribution in [-0.4, -0.2) is 12.4 Å². The van der Waals surface area contributed by atoms with Crippen molar-refractivity contribution in [3.05, 3.63) is 29.8 Å². The first-order valence-corrected chi connectivity index (χ1v) is 4.42. The summed E-state index contributed by atoms with van der Waals surface area (Å²) in [4.78, 5) is 11.2. The van der Waals surface area contributed by atoms with E-state index in [0.717, 1.165) is 0 Å². The van der Waals surface area contributed by atoms with Gasteiger partial charge in [-0.15, -0.1) is 12.3 Å². The fraction of sp³-hybridized carbons (Fsp3) is 0.250. The summed E-state index contributed by atoms with van der Waals surface area (Å²) in [5.74, 6) is 3.08. The van der Waals surface area contributed by atoms with Crippen molar-refractivity contribution in [2.24, 2.45) is 0 Å². The summed E-state index contributed by atoms with van der Waals surface area (Å²) in [6.45, 7) is 1.96. The molecule has 1 aromatic rings. The van der Waals surface area contributed by atoms with Crippen molar-refractivity contribution in [1.29, 1.82) is 0 Å². The molecule has 2 nitrogen and oxygen atoms in total. The van der Waals surface area contributed by atoms with E-state index in [1.54, 1.807) is 12.1 Å². The van der Waals surface area contributed by atoms with Crippen LogP contribution < -0.4 is 4.74 Å². The van der Waals surface area contributed by atoms with E-state index in [1.165, 1.54) is 6.92 Å². The maximum atomic E-state index is 11.2. The molecule has 2 heteroatoms. The van der Waals surface area contributed by atoms with Gasteiger partial charge in [-0.2, -0.15) is 0 Å². The van der Waals surface area contributed by atoms with E-state index in [1.807, 2.05) is 12.1 Å². The highest BCUT2D eigenvalue weighted by atomic mass is 16.5. The van der Waals surface area contributed by atoms with Crippen LogP contribution in [0.1, 0.15) is 23.7 Å². The fourth-order valence-electron chi connectivity index (χ4n) is 1.10. The van der Waals surface area contributed by atoms with Crippen LogP contribution in [0.5, 0.6) is 5.75 Å². The molecule has 0 saturated carbocycles. The molecule has 0 spiro atoms. The van der Waals surface area contributed by atoms with Crippen LogP contribution in [0.3, 0.4) is 0 Å². The van der Waals surface area contributed by atoms with E-state index in [-0.39, 0.29) is 5.78 Å². The second-order valence-electron chi connectivity index (χ2n) is 2.85. The zero-order valence-electron chi connectivity index (χ0n) is 8.12. The molecule has 72 valence electrons. The number of ketones is 1. The Morgan fingerprint density at radius 2 is 2.21 bits per heavy atom. The number of hydrogen-bond donors (Lipinski definition) is 0. The summed E-state index contributed by atoms with van der Waals surface area (Å²) in [6, 6.07) is 7.16. The number of carbonyl (C=O) groups is 1. The van der Waals surface area contributed by atoms with Gasteiger partial charge in [0.25, 0.3) is 0 Å². The molecule has 0 aromatic heterocycles. The molecule has 0 fully saturated rings. The molecular weight excluding hydrogens is 176 g/mol. The minimum atomic E-state index is 0.00121. The number of hydrogen-bond acceptors (Lipinski definition) is 2. The van der Waals surface area contributed by atoms with Gasteiger partial charge in [-0.1, -0.05) is 12.1 Å². The number of para-hydroxylation sites is 1. The molecular formula is C12H12O2. The van der Waals surface area contributed by atoms with Gasteiger partial charge in [-0.25, -0.2) is 0 Å². The van der Waals surface area contributed by atoms with Gasteiger partial charge in [0.15, 0.2) is 5.78 Å². The van der Waals surface area contributed by atoms with Crippen molar-refractivity contribution < 1.29 is 9.53 Å². The predicted molar refractivity (Wildman–Crippen MR) is 55.4 cm³/mol. The molecule has 14 heavy (non-hydrogen) atoms. The molecule has 0 aliphatic heterocycles. The van der Waals surface area contributed by atoms with E-state index < -0.39 is 0 Å². The Morgan fingerprint density at radius 1 is 1.50 bits per heavy atom. The maximum absolute atomic E-state index is 11.2. The van der Waals surface area contributed by atoms with E-state index >= 15 is 0 Å². The maximum Gasteiger partial charge on any atom is 0.163 e. The summed E-state index contributed by atoms with van der Waals surface area (Å²) >= 11 is 0. The van der Waals surface area contributed by atoms with Gasteiger partial charge in [0.05, 0.1) is 12.2 Å². The summed E-state index contributed by atoms with van der Waals surface area (Å²) < 4.78 is 5.38. The lowest BCUT2D eigenvalue weighted by Crippen LogP contribution is -2.01. The molecule has 0 radical (unpaired) electrons. The Hall–Kier alpha value is -1.75. The van der Waals surface area contributed by atoms with Gasteiger partial charge in [-0.05, 0) is 19.1 Å². The molecule has 1 aromatic carbocycles. The van der Waals surface area contributed by atoms with Crippen molar-refractivity contribution in [3.8, 4) is 18.1 Å². The molecule has 0 atom stereocenters. The average molecular weight is 188 g/mol. The van der Waals surface area contributed by atoms with Crippen molar-refractivity contribution in [1.82, 2.24) is 0 Å². The number of benzene rings is 1. The highest BCUT2D eigenvalue weighted by molar-refractivity contribution is 5.96. The molecule has 0 saturated heterocycles. The fourth-order valence-corrected chi connectivity index (χ4v) is 1.10. The van der Waals surface area contributed by atoms with Crippen LogP contribution in [0.4, 0.5) is 0 Å². The largest absolute Gasteiger partial charge is 0.492 e. The summed E-state index contributed by atoms with van der Waals surface area (Å²) in [6.07, 6.45) is 5.64. The van der Waals surface area contributed by atoms with Crippen molar-refractivity contribution >= 4 is 5.78 Å². The van der Waals surface area contributed by atoms with Crippen LogP contribution in [0.15, 0.2) is 24.3 Å². The number of rotatable bonds is 4. The van der Waals surface area contributed by atoms with E-state index in [0.29, 0.717) is 24.3 Å². The topological polar surface area (TPSA) is 26.3 Å². The van der Waals surface area contributed by atoms with E-state index in [9.17, 15) is 4.79 Å². The molecule has 0 amide bonds. The quantitative estimate of drug-likeness (QED) is 0.411. The molecule has 0 aliphatic rings. The van der Waals surface area contributed by atoms with Crippen LogP contribution in [-0.2, 0) is 0 Å². The molecule has 0 unspecified atom stereocenters. The van der Waals surface area contributed by atoms with Crippen LogP contribution in [0, 0.1) is 12.3 Å². The standard InChI is InChI=1S/C12H12O2/c1-3-4-9-14-12-8-6-5-7-11(12)10(2)13/h1,5-8H,4,9H2,2H3. The summed E-state index contributed by atoms with van der Waals surface area (Å²) in [5, 5.41) is 0. The Balaban J connectivity index is 2.75. The minimum absolute atomic E-state index is 0.00121. The molecule has 1 rings (SSSR count). The monoisotopic (exact) mass is 188 g/mol. The zero-order valence-corrected chi connectivity index (χ0v) is 8.12. The third-order valence-corrected chi connectivity index (χ3v) is 1.77. The van der Waals surface area contributed by atoms with Crippen LogP contribution in [0.25, 0.3) is 0 Å². The third-order valence-electron chi connectivity index (χ3n) is 1.77. The van der Waals surface area contributed by atoms with Crippen LogP contribution >= 0.6 is 0 Å². The normalized spacial score (nSPS) is 9.14. The lowest BCUT2D eigenvalue weighted by Gasteiger charge is -2.07. The lowest BCUT2D eigenvalue weighted by atomic mass is 10.1. The van der Waals surface area contributed by atoms with Gasteiger partial charge in [0, 0.05) is 6.42 Å². The van der Waals surface area contributed by atoms with Gasteiger partial charge in [0.1, 0.15) is 5.75 Å². The second kappa shape index (κ2) is 5.08.